The second-order valence-corrected chi connectivity index (χ2v) is 6.45. The average Bonchev–Trinajstić information content (AvgIpc) is 2.53. The van der Waals surface area contributed by atoms with Crippen LogP contribution in [-0.4, -0.2) is 31.1 Å². The molecule has 2 aromatic carbocycles. The number of piperidine rings is 1. The fourth-order valence-electron chi connectivity index (χ4n) is 3.54. The fraction of sp³-hybridized carbons (Fsp3) is 0.368. The molecule has 114 valence electrons. The molecule has 0 atom stereocenters. The van der Waals surface area contributed by atoms with E-state index in [2.05, 4.69) is 60.2 Å². The summed E-state index contributed by atoms with van der Waals surface area (Å²) < 4.78 is 6.15. The maximum Gasteiger partial charge on any atom is 0.151 e. The van der Waals surface area contributed by atoms with E-state index >= 15 is 0 Å². The first-order valence-corrected chi connectivity index (χ1v) is 8.08. The van der Waals surface area contributed by atoms with Crippen LogP contribution in [0.5, 0.6) is 11.5 Å². The maximum atomic E-state index is 6.15. The van der Waals surface area contributed by atoms with Gasteiger partial charge in [0.1, 0.15) is 0 Å². The molecule has 0 amide bonds. The quantitative estimate of drug-likeness (QED) is 0.778. The van der Waals surface area contributed by atoms with E-state index in [0.29, 0.717) is 6.04 Å². The van der Waals surface area contributed by atoms with Crippen molar-refractivity contribution in [2.45, 2.75) is 25.8 Å². The Hall–Kier alpha value is -2.00. The van der Waals surface area contributed by atoms with Crippen molar-refractivity contribution in [2.75, 3.05) is 25.0 Å². The number of hydrogen-bond acceptors (Lipinski definition) is 3. The van der Waals surface area contributed by atoms with E-state index in [-0.39, 0.29) is 0 Å². The maximum absolute atomic E-state index is 6.15. The summed E-state index contributed by atoms with van der Waals surface area (Å²) in [6, 6.07) is 15.5. The molecule has 3 heteroatoms. The normalized spacial score (nSPS) is 18.5. The zero-order chi connectivity index (χ0) is 15.1. The third-order valence-electron chi connectivity index (χ3n) is 4.77. The Morgan fingerprint density at radius 1 is 0.955 bits per heavy atom. The lowest BCUT2D eigenvalue weighted by atomic mass is 10.00. The molecule has 22 heavy (non-hydrogen) atoms. The smallest absolute Gasteiger partial charge is 0.151 e. The van der Waals surface area contributed by atoms with Gasteiger partial charge in [0.05, 0.1) is 11.4 Å². The van der Waals surface area contributed by atoms with Crippen molar-refractivity contribution in [1.29, 1.82) is 0 Å². The lowest BCUT2D eigenvalue weighted by Crippen LogP contribution is -2.42. The van der Waals surface area contributed by atoms with E-state index in [1.165, 1.54) is 29.8 Å². The van der Waals surface area contributed by atoms with E-state index in [4.69, 9.17) is 4.74 Å². The zero-order valence-electron chi connectivity index (χ0n) is 13.2. The number of anilines is 2. The topological polar surface area (TPSA) is 15.7 Å². The highest BCUT2D eigenvalue weighted by Gasteiger charge is 2.31. The SMILES string of the molecule is Cc1ccc2c(c1)Oc1ccccc1N2C1CCN(C)CC1. The van der Waals surface area contributed by atoms with Crippen LogP contribution in [0.4, 0.5) is 11.4 Å². The number of benzene rings is 2. The van der Waals surface area contributed by atoms with Gasteiger partial charge in [0.15, 0.2) is 11.5 Å². The van der Waals surface area contributed by atoms with Crippen LogP contribution < -0.4 is 9.64 Å². The number of para-hydroxylation sites is 2. The highest BCUT2D eigenvalue weighted by atomic mass is 16.5. The Morgan fingerprint density at radius 2 is 1.68 bits per heavy atom. The van der Waals surface area contributed by atoms with Crippen molar-refractivity contribution in [2.24, 2.45) is 0 Å². The molecule has 0 aromatic heterocycles. The highest BCUT2D eigenvalue weighted by molar-refractivity contribution is 5.78. The Labute approximate surface area is 132 Å². The number of rotatable bonds is 1. The summed E-state index contributed by atoms with van der Waals surface area (Å²) in [6.07, 6.45) is 2.39. The van der Waals surface area contributed by atoms with Crippen molar-refractivity contribution >= 4 is 11.4 Å². The summed E-state index contributed by atoms with van der Waals surface area (Å²) in [7, 11) is 2.21. The molecule has 0 spiro atoms. The summed E-state index contributed by atoms with van der Waals surface area (Å²) >= 11 is 0. The molecule has 0 radical (unpaired) electrons. The molecule has 4 rings (SSSR count). The van der Waals surface area contributed by atoms with Crippen molar-refractivity contribution in [3.8, 4) is 11.5 Å². The first kappa shape index (κ1) is 13.6. The average molecular weight is 294 g/mol. The summed E-state index contributed by atoms with van der Waals surface area (Å²) in [5.74, 6) is 1.96. The van der Waals surface area contributed by atoms with E-state index < -0.39 is 0 Å². The second-order valence-electron chi connectivity index (χ2n) is 6.45. The molecule has 2 heterocycles. The first-order valence-electron chi connectivity index (χ1n) is 8.08. The molecule has 2 aliphatic rings. The highest BCUT2D eigenvalue weighted by Crippen LogP contribution is 2.48. The van der Waals surface area contributed by atoms with Crippen molar-refractivity contribution in [1.82, 2.24) is 4.90 Å². The minimum absolute atomic E-state index is 0.544. The fourth-order valence-corrected chi connectivity index (χ4v) is 3.54. The molecule has 1 saturated heterocycles. The van der Waals surface area contributed by atoms with E-state index in [0.717, 1.165) is 24.6 Å². The van der Waals surface area contributed by atoms with Crippen LogP contribution >= 0.6 is 0 Å². The molecule has 2 aromatic rings. The van der Waals surface area contributed by atoms with Gasteiger partial charge in [0, 0.05) is 6.04 Å². The Morgan fingerprint density at radius 3 is 2.50 bits per heavy atom. The van der Waals surface area contributed by atoms with Crippen LogP contribution in [0.1, 0.15) is 18.4 Å². The summed E-state index contributed by atoms with van der Waals surface area (Å²) in [5, 5.41) is 0. The van der Waals surface area contributed by atoms with Crippen molar-refractivity contribution < 1.29 is 4.74 Å². The van der Waals surface area contributed by atoms with Gasteiger partial charge >= 0.3 is 0 Å². The number of hydrogen-bond donors (Lipinski definition) is 0. The van der Waals surface area contributed by atoms with Gasteiger partial charge in [-0.3, -0.25) is 0 Å². The van der Waals surface area contributed by atoms with E-state index in [9.17, 15) is 0 Å². The Kier molecular flexibility index (Phi) is 3.30. The van der Waals surface area contributed by atoms with Gasteiger partial charge < -0.3 is 14.5 Å². The van der Waals surface area contributed by atoms with Crippen molar-refractivity contribution in [3.05, 3.63) is 48.0 Å². The van der Waals surface area contributed by atoms with Gasteiger partial charge in [-0.15, -0.1) is 0 Å². The monoisotopic (exact) mass is 294 g/mol. The second kappa shape index (κ2) is 5.33. The molecule has 0 N–H and O–H groups in total. The number of aryl methyl sites for hydroxylation is 1. The largest absolute Gasteiger partial charge is 0.453 e. The number of nitrogens with zero attached hydrogens (tertiary/aromatic N) is 2. The summed E-state index contributed by atoms with van der Waals surface area (Å²) in [5.41, 5.74) is 3.65. The van der Waals surface area contributed by atoms with Crippen LogP contribution in [-0.2, 0) is 0 Å². The lowest BCUT2D eigenvalue weighted by Gasteiger charge is -2.42. The first-order chi connectivity index (χ1) is 10.7. The number of ether oxygens (including phenoxy) is 1. The lowest BCUT2D eigenvalue weighted by molar-refractivity contribution is 0.254. The predicted molar refractivity (Wildman–Crippen MR) is 90.4 cm³/mol. The Balaban J connectivity index is 1.79. The molecule has 0 saturated carbocycles. The third kappa shape index (κ3) is 2.26. The van der Waals surface area contributed by atoms with E-state index in [1.54, 1.807) is 0 Å². The molecule has 2 aliphatic heterocycles. The zero-order valence-corrected chi connectivity index (χ0v) is 13.2. The van der Waals surface area contributed by atoms with E-state index in [1.807, 2.05) is 6.07 Å². The van der Waals surface area contributed by atoms with Gasteiger partial charge in [0.25, 0.3) is 0 Å². The minimum atomic E-state index is 0.544. The van der Waals surface area contributed by atoms with Crippen LogP contribution in [0.25, 0.3) is 0 Å². The summed E-state index contributed by atoms with van der Waals surface area (Å²) in [4.78, 5) is 4.92. The molecule has 0 bridgehead atoms. The molecular formula is C19H22N2O. The third-order valence-corrected chi connectivity index (χ3v) is 4.77. The standard InChI is InChI=1S/C19H22N2O/c1-14-7-8-17-19(13-14)22-18-6-4-3-5-16(18)21(17)15-9-11-20(2)12-10-15/h3-8,13,15H,9-12H2,1-2H3. The van der Waals surface area contributed by atoms with Crippen LogP contribution in [0.3, 0.4) is 0 Å². The molecular weight excluding hydrogens is 272 g/mol. The molecule has 3 nitrogen and oxygen atoms in total. The molecule has 0 unspecified atom stereocenters. The molecule has 1 fully saturated rings. The van der Waals surface area contributed by atoms with Crippen LogP contribution in [0.2, 0.25) is 0 Å². The van der Waals surface area contributed by atoms with Crippen molar-refractivity contribution in [3.63, 3.8) is 0 Å². The minimum Gasteiger partial charge on any atom is -0.453 e. The van der Waals surface area contributed by atoms with Gasteiger partial charge in [-0.25, -0.2) is 0 Å². The van der Waals surface area contributed by atoms with Crippen LogP contribution in [0.15, 0.2) is 42.5 Å². The van der Waals surface area contributed by atoms with Gasteiger partial charge in [0.2, 0.25) is 0 Å². The molecule has 0 aliphatic carbocycles. The Bertz CT molecular complexity index is 690. The van der Waals surface area contributed by atoms with Gasteiger partial charge in [-0.05, 0) is 69.7 Å². The number of fused-ring (bicyclic) bond motifs is 2. The van der Waals surface area contributed by atoms with Crippen LogP contribution in [0, 0.1) is 6.92 Å². The van der Waals surface area contributed by atoms with Gasteiger partial charge in [-0.1, -0.05) is 18.2 Å². The predicted octanol–water partition coefficient (Wildman–Crippen LogP) is 4.33. The summed E-state index contributed by atoms with van der Waals surface area (Å²) in [6.45, 7) is 4.43. The number of likely N-dealkylation sites (tertiary alicyclic amines) is 1. The van der Waals surface area contributed by atoms with Gasteiger partial charge in [-0.2, -0.15) is 0 Å².